The summed E-state index contributed by atoms with van der Waals surface area (Å²) >= 11 is 0. The Labute approximate surface area is 199 Å². The molecule has 4 aliphatic carbocycles. The maximum absolute atomic E-state index is 12.4. The molecule has 178 valence electrons. The van der Waals surface area contributed by atoms with Gasteiger partial charge in [-0.3, -0.25) is 4.79 Å². The summed E-state index contributed by atoms with van der Waals surface area (Å²) < 4.78 is 5.44. The Bertz CT molecular complexity index is 988. The summed E-state index contributed by atoms with van der Waals surface area (Å²) in [7, 11) is 1.66. The smallest absolute Gasteiger partial charge is 0.134 e. The van der Waals surface area contributed by atoms with Gasteiger partial charge in [0.05, 0.1) is 12.7 Å². The van der Waals surface area contributed by atoms with Crippen LogP contribution in [0.4, 0.5) is 0 Å². The topological polar surface area (TPSA) is 46.5 Å². The van der Waals surface area contributed by atoms with Crippen molar-refractivity contribution in [3.05, 3.63) is 29.8 Å². The molecule has 0 aromatic heterocycles. The Balaban J connectivity index is 1.35. The van der Waals surface area contributed by atoms with Gasteiger partial charge in [-0.1, -0.05) is 37.8 Å². The van der Waals surface area contributed by atoms with Gasteiger partial charge in [-0.2, -0.15) is 0 Å². The predicted octanol–water partition coefficient (Wildman–Crippen LogP) is 6.03. The van der Waals surface area contributed by atoms with E-state index in [-0.39, 0.29) is 16.7 Å². The van der Waals surface area contributed by atoms with Crippen molar-refractivity contribution in [3.63, 3.8) is 0 Å². The molecule has 0 saturated heterocycles. The van der Waals surface area contributed by atoms with Crippen molar-refractivity contribution < 1.29 is 14.6 Å². The molecule has 33 heavy (non-hydrogen) atoms. The van der Waals surface area contributed by atoms with Crippen LogP contribution in [-0.4, -0.2) is 23.6 Å². The minimum absolute atomic E-state index is 0.214. The zero-order valence-electron chi connectivity index (χ0n) is 20.8. The highest BCUT2D eigenvalue weighted by molar-refractivity contribution is 5.79. The number of rotatable bonds is 2. The van der Waals surface area contributed by atoms with Crippen molar-refractivity contribution in [2.24, 2.45) is 40.4 Å². The fraction of sp³-hybridized carbons (Fsp3) is 0.700. The van der Waals surface area contributed by atoms with E-state index >= 15 is 0 Å². The summed E-state index contributed by atoms with van der Waals surface area (Å²) in [4.78, 5) is 12.4. The molecule has 1 aromatic carbocycles. The lowest BCUT2D eigenvalue weighted by molar-refractivity contribution is -0.144. The van der Waals surface area contributed by atoms with Crippen LogP contribution in [0.15, 0.2) is 24.3 Å². The molecule has 2 unspecified atom stereocenters. The molecule has 0 heterocycles. The summed E-state index contributed by atoms with van der Waals surface area (Å²) in [6.45, 7) is 6.76. The first-order chi connectivity index (χ1) is 15.7. The number of Topliss-reactive ketones (excluding diaryl/α,β-unsaturated/α-hetero) is 1. The van der Waals surface area contributed by atoms with Gasteiger partial charge in [0.2, 0.25) is 0 Å². The van der Waals surface area contributed by atoms with Gasteiger partial charge in [0.1, 0.15) is 17.1 Å². The summed E-state index contributed by atoms with van der Waals surface area (Å²) in [5.41, 5.74) is 0.440. The number of benzene rings is 1. The molecule has 1 aromatic rings. The highest BCUT2D eigenvalue weighted by Gasteiger charge is 2.61. The largest absolute Gasteiger partial charge is 0.495 e. The van der Waals surface area contributed by atoms with Crippen LogP contribution in [0.5, 0.6) is 5.75 Å². The highest BCUT2D eigenvalue weighted by Crippen LogP contribution is 2.68. The first-order valence-corrected chi connectivity index (χ1v) is 13.1. The molecule has 3 nitrogen and oxygen atoms in total. The van der Waals surface area contributed by atoms with Crippen molar-refractivity contribution in [1.29, 1.82) is 0 Å². The van der Waals surface area contributed by atoms with E-state index in [0.717, 1.165) is 48.8 Å². The monoisotopic (exact) mass is 448 g/mol. The van der Waals surface area contributed by atoms with Crippen molar-refractivity contribution in [3.8, 4) is 17.6 Å². The molecule has 1 N–H and O–H groups in total. The fourth-order valence-electron chi connectivity index (χ4n) is 8.96. The third-order valence-electron chi connectivity index (χ3n) is 10.8. The molecular formula is C30H40O3. The maximum atomic E-state index is 12.4. The van der Waals surface area contributed by atoms with Gasteiger partial charge in [0, 0.05) is 5.92 Å². The molecular weight excluding hydrogens is 408 g/mol. The number of fused-ring (bicyclic) bond motifs is 5. The maximum Gasteiger partial charge on any atom is 0.134 e. The molecule has 3 heteroatoms. The van der Waals surface area contributed by atoms with E-state index in [0.29, 0.717) is 17.6 Å². The summed E-state index contributed by atoms with van der Waals surface area (Å²) in [6.07, 6.45) is 9.81. The first kappa shape index (κ1) is 23.0. The summed E-state index contributed by atoms with van der Waals surface area (Å²) in [5, 5.41) is 11.5. The lowest BCUT2D eigenvalue weighted by Gasteiger charge is -2.61. The number of aliphatic hydroxyl groups is 1. The summed E-state index contributed by atoms with van der Waals surface area (Å²) in [5.74, 6) is 10.7. The van der Waals surface area contributed by atoms with E-state index in [1.54, 1.807) is 7.11 Å². The Morgan fingerprint density at radius 3 is 2.52 bits per heavy atom. The zero-order chi connectivity index (χ0) is 23.4. The van der Waals surface area contributed by atoms with E-state index in [1.165, 1.54) is 32.1 Å². The van der Waals surface area contributed by atoms with Gasteiger partial charge in [-0.25, -0.2) is 0 Å². The number of hydrogen-bond acceptors (Lipinski definition) is 3. The van der Waals surface area contributed by atoms with Gasteiger partial charge < -0.3 is 9.84 Å². The van der Waals surface area contributed by atoms with Crippen LogP contribution in [0.2, 0.25) is 0 Å². The molecule has 5 rings (SSSR count). The van der Waals surface area contributed by atoms with E-state index in [9.17, 15) is 9.90 Å². The average Bonchev–Trinajstić information content (AvgIpc) is 3.16. The second kappa shape index (κ2) is 8.16. The van der Waals surface area contributed by atoms with Crippen molar-refractivity contribution in [2.75, 3.05) is 7.11 Å². The molecule has 0 radical (unpaired) electrons. The molecule has 0 spiro atoms. The molecule has 0 amide bonds. The van der Waals surface area contributed by atoms with Crippen molar-refractivity contribution >= 4 is 5.78 Å². The predicted molar refractivity (Wildman–Crippen MR) is 131 cm³/mol. The average molecular weight is 449 g/mol. The molecule has 0 bridgehead atoms. The van der Waals surface area contributed by atoms with E-state index in [2.05, 4.69) is 25.7 Å². The lowest BCUT2D eigenvalue weighted by atomic mass is 9.44. The molecule has 0 aliphatic heterocycles. The van der Waals surface area contributed by atoms with E-state index in [4.69, 9.17) is 4.74 Å². The van der Waals surface area contributed by atoms with Crippen molar-refractivity contribution in [2.45, 2.75) is 84.2 Å². The Morgan fingerprint density at radius 2 is 1.76 bits per heavy atom. The normalized spacial score (nSPS) is 44.0. The van der Waals surface area contributed by atoms with Crippen LogP contribution in [0.3, 0.4) is 0 Å². The van der Waals surface area contributed by atoms with Gasteiger partial charge in [0.25, 0.3) is 0 Å². The lowest BCUT2D eigenvalue weighted by Crippen LogP contribution is -2.56. The quantitative estimate of drug-likeness (QED) is 0.562. The van der Waals surface area contributed by atoms with E-state index < -0.39 is 5.60 Å². The fourth-order valence-corrected chi connectivity index (χ4v) is 8.96. The molecule has 4 saturated carbocycles. The van der Waals surface area contributed by atoms with Gasteiger partial charge in [-0.05, 0) is 111 Å². The second-order valence-electron chi connectivity index (χ2n) is 12.1. The van der Waals surface area contributed by atoms with Gasteiger partial charge in [-0.15, -0.1) is 0 Å². The SMILES string of the molecule is COc1ccccc1C#CC1(O)CC[C@@]2(C)C(CC[C@H]3[C@@H]4CC[C@H](C(C)=O)[C@@]4(C)CC[C@@H]32)C1. The Kier molecular flexibility index (Phi) is 5.68. The molecule has 4 fully saturated rings. The summed E-state index contributed by atoms with van der Waals surface area (Å²) in [6, 6.07) is 7.79. The highest BCUT2D eigenvalue weighted by atomic mass is 16.5. The standard InChI is InChI=1S/C30H40O3/c1-20(31)24-11-12-25-23-10-9-22-19-30(32,16-13-21-7-5-6-8-27(21)33-4)18-17-28(22,2)26(23)14-15-29(24,25)3/h5-8,22-26,32H,9-12,14-15,17-19H2,1-4H3/t22?,23-,24+,25-,26-,28-,29+,30?/m0/s1. The zero-order valence-corrected chi connectivity index (χ0v) is 20.8. The third-order valence-corrected chi connectivity index (χ3v) is 10.8. The Hall–Kier alpha value is -1.79. The number of para-hydroxylation sites is 1. The number of methoxy groups -OCH3 is 1. The van der Waals surface area contributed by atoms with Crippen LogP contribution in [0, 0.1) is 52.3 Å². The first-order valence-electron chi connectivity index (χ1n) is 13.1. The van der Waals surface area contributed by atoms with Crippen LogP contribution in [0.1, 0.15) is 84.1 Å². The minimum atomic E-state index is -0.909. The van der Waals surface area contributed by atoms with Crippen LogP contribution < -0.4 is 4.74 Å². The number of carbonyl (C=O) groups is 1. The number of ether oxygens (including phenoxy) is 1. The van der Waals surface area contributed by atoms with Crippen LogP contribution in [-0.2, 0) is 4.79 Å². The third kappa shape index (κ3) is 3.65. The molecule has 4 aliphatic rings. The Morgan fingerprint density at radius 1 is 1.00 bits per heavy atom. The molecule has 8 atom stereocenters. The van der Waals surface area contributed by atoms with Gasteiger partial charge in [0.15, 0.2) is 0 Å². The van der Waals surface area contributed by atoms with Crippen LogP contribution >= 0.6 is 0 Å². The van der Waals surface area contributed by atoms with Gasteiger partial charge >= 0.3 is 0 Å². The van der Waals surface area contributed by atoms with E-state index in [1.807, 2.05) is 31.2 Å². The van der Waals surface area contributed by atoms with Crippen LogP contribution in [0.25, 0.3) is 0 Å². The minimum Gasteiger partial charge on any atom is -0.495 e. The van der Waals surface area contributed by atoms with Crippen molar-refractivity contribution in [1.82, 2.24) is 0 Å². The second-order valence-corrected chi connectivity index (χ2v) is 12.1. The number of hydrogen-bond donors (Lipinski definition) is 1. The number of ketones is 1. The number of carbonyl (C=O) groups excluding carboxylic acids is 1.